The van der Waals surface area contributed by atoms with Gasteiger partial charge in [0.1, 0.15) is 5.60 Å². The molecule has 1 fully saturated rings. The molecule has 1 saturated heterocycles. The van der Waals surface area contributed by atoms with Gasteiger partial charge in [-0.3, -0.25) is 5.10 Å². The quantitative estimate of drug-likeness (QED) is 0.790. The lowest BCUT2D eigenvalue weighted by molar-refractivity contribution is 0.0194. The van der Waals surface area contributed by atoms with Crippen molar-refractivity contribution in [1.82, 2.24) is 20.4 Å². The summed E-state index contributed by atoms with van der Waals surface area (Å²) < 4.78 is 5.38. The predicted molar refractivity (Wildman–Crippen MR) is 67.1 cm³/mol. The maximum atomic E-state index is 12.0. The molecule has 100 valence electrons. The van der Waals surface area contributed by atoms with Crippen LogP contribution in [0.3, 0.4) is 0 Å². The van der Waals surface area contributed by atoms with Crippen LogP contribution in [0, 0.1) is 0 Å². The molecule has 1 atom stereocenters. The second-order valence-corrected chi connectivity index (χ2v) is 5.45. The number of hydrogen-bond donors (Lipinski definition) is 2. The van der Waals surface area contributed by atoms with Crippen molar-refractivity contribution >= 4 is 6.09 Å². The van der Waals surface area contributed by atoms with Crippen LogP contribution in [0.25, 0.3) is 0 Å². The number of aromatic nitrogens is 2. The van der Waals surface area contributed by atoms with Gasteiger partial charge >= 0.3 is 6.09 Å². The number of rotatable bonds is 1. The molecule has 0 bridgehead atoms. The van der Waals surface area contributed by atoms with E-state index >= 15 is 0 Å². The minimum Gasteiger partial charge on any atom is -0.444 e. The summed E-state index contributed by atoms with van der Waals surface area (Å²) in [7, 11) is 0. The Morgan fingerprint density at radius 3 is 2.94 bits per heavy atom. The molecule has 1 unspecified atom stereocenters. The predicted octanol–water partition coefficient (Wildman–Crippen LogP) is 1.29. The largest absolute Gasteiger partial charge is 0.444 e. The number of amides is 1. The second kappa shape index (κ2) is 4.97. The third-order valence-electron chi connectivity index (χ3n) is 2.72. The molecular weight excluding hydrogens is 232 g/mol. The van der Waals surface area contributed by atoms with Gasteiger partial charge in [0.15, 0.2) is 0 Å². The van der Waals surface area contributed by atoms with E-state index in [1.807, 2.05) is 26.8 Å². The van der Waals surface area contributed by atoms with Crippen molar-refractivity contribution in [3.63, 3.8) is 0 Å². The van der Waals surface area contributed by atoms with E-state index in [1.165, 1.54) is 0 Å². The second-order valence-electron chi connectivity index (χ2n) is 5.45. The summed E-state index contributed by atoms with van der Waals surface area (Å²) in [6, 6.07) is 2.00. The Balaban J connectivity index is 1.96. The zero-order valence-electron chi connectivity index (χ0n) is 11.1. The van der Waals surface area contributed by atoms with E-state index in [-0.39, 0.29) is 12.1 Å². The molecule has 6 nitrogen and oxygen atoms in total. The lowest BCUT2D eigenvalue weighted by atomic mass is 10.1. The fourth-order valence-electron chi connectivity index (χ4n) is 1.91. The zero-order valence-corrected chi connectivity index (χ0v) is 11.1. The lowest BCUT2D eigenvalue weighted by Gasteiger charge is -2.34. The van der Waals surface area contributed by atoms with Crippen molar-refractivity contribution in [2.45, 2.75) is 32.4 Å². The summed E-state index contributed by atoms with van der Waals surface area (Å²) in [4.78, 5) is 13.7. The normalized spacial score (nSPS) is 20.8. The Bertz CT molecular complexity index is 397. The van der Waals surface area contributed by atoms with Crippen molar-refractivity contribution in [1.29, 1.82) is 0 Å². The van der Waals surface area contributed by atoms with Crippen LogP contribution in [-0.2, 0) is 4.74 Å². The highest BCUT2D eigenvalue weighted by Gasteiger charge is 2.28. The molecule has 2 N–H and O–H groups in total. The van der Waals surface area contributed by atoms with Crippen LogP contribution in [0.4, 0.5) is 4.79 Å². The summed E-state index contributed by atoms with van der Waals surface area (Å²) in [5, 5.41) is 10.2. The Morgan fingerprint density at radius 2 is 2.33 bits per heavy atom. The van der Waals surface area contributed by atoms with Gasteiger partial charge in [0.05, 0.1) is 11.7 Å². The molecule has 0 aliphatic carbocycles. The molecule has 2 heterocycles. The van der Waals surface area contributed by atoms with Gasteiger partial charge in [0.25, 0.3) is 0 Å². The van der Waals surface area contributed by atoms with Crippen LogP contribution < -0.4 is 5.32 Å². The first kappa shape index (κ1) is 12.9. The molecule has 0 radical (unpaired) electrons. The molecule has 1 aromatic heterocycles. The number of nitrogens with zero attached hydrogens (tertiary/aromatic N) is 2. The summed E-state index contributed by atoms with van der Waals surface area (Å²) in [6.07, 6.45) is 1.46. The van der Waals surface area contributed by atoms with Gasteiger partial charge in [0, 0.05) is 25.8 Å². The SMILES string of the molecule is CC(C)(C)OC(=O)N1CCNC(c2ccn[nH]2)C1. The number of carbonyl (C=O) groups is 1. The van der Waals surface area contributed by atoms with Gasteiger partial charge < -0.3 is 15.0 Å². The summed E-state index contributed by atoms with van der Waals surface area (Å²) >= 11 is 0. The average Bonchev–Trinajstić information content (AvgIpc) is 2.80. The van der Waals surface area contributed by atoms with Gasteiger partial charge in [-0.1, -0.05) is 0 Å². The van der Waals surface area contributed by atoms with Crippen LogP contribution in [0.15, 0.2) is 12.3 Å². The monoisotopic (exact) mass is 252 g/mol. The van der Waals surface area contributed by atoms with E-state index in [9.17, 15) is 4.79 Å². The number of ether oxygens (including phenoxy) is 1. The molecule has 18 heavy (non-hydrogen) atoms. The molecule has 1 aliphatic rings. The first-order chi connectivity index (χ1) is 8.46. The van der Waals surface area contributed by atoms with E-state index in [0.717, 1.165) is 12.2 Å². The Labute approximate surface area is 107 Å². The van der Waals surface area contributed by atoms with Crippen molar-refractivity contribution < 1.29 is 9.53 Å². The standard InChI is InChI=1S/C12H20N4O2/c1-12(2,3)18-11(17)16-7-6-13-10(8-16)9-4-5-14-15-9/h4-5,10,13H,6-8H2,1-3H3,(H,14,15). The highest BCUT2D eigenvalue weighted by atomic mass is 16.6. The smallest absolute Gasteiger partial charge is 0.410 e. The van der Waals surface area contributed by atoms with E-state index in [2.05, 4.69) is 15.5 Å². The van der Waals surface area contributed by atoms with Crippen LogP contribution >= 0.6 is 0 Å². The first-order valence-corrected chi connectivity index (χ1v) is 6.16. The number of H-pyrrole nitrogens is 1. The lowest BCUT2D eigenvalue weighted by Crippen LogP contribution is -2.49. The Kier molecular flexibility index (Phi) is 3.56. The summed E-state index contributed by atoms with van der Waals surface area (Å²) in [5.74, 6) is 0. The van der Waals surface area contributed by atoms with Crippen LogP contribution in [0.2, 0.25) is 0 Å². The van der Waals surface area contributed by atoms with E-state index < -0.39 is 5.60 Å². The highest BCUT2D eigenvalue weighted by molar-refractivity contribution is 5.68. The maximum Gasteiger partial charge on any atom is 0.410 e. The molecule has 1 aromatic rings. The third-order valence-corrected chi connectivity index (χ3v) is 2.72. The fourth-order valence-corrected chi connectivity index (χ4v) is 1.91. The highest BCUT2D eigenvalue weighted by Crippen LogP contribution is 2.17. The zero-order chi connectivity index (χ0) is 13.2. The topological polar surface area (TPSA) is 70.2 Å². The minimum atomic E-state index is -0.453. The van der Waals surface area contributed by atoms with Gasteiger partial charge in [-0.05, 0) is 26.8 Å². The van der Waals surface area contributed by atoms with Gasteiger partial charge in [-0.25, -0.2) is 4.79 Å². The molecule has 0 spiro atoms. The average molecular weight is 252 g/mol. The van der Waals surface area contributed by atoms with Crippen molar-refractivity contribution in [2.24, 2.45) is 0 Å². The number of carbonyl (C=O) groups excluding carboxylic acids is 1. The van der Waals surface area contributed by atoms with Crippen molar-refractivity contribution in [3.8, 4) is 0 Å². The molecule has 1 aliphatic heterocycles. The van der Waals surface area contributed by atoms with E-state index in [4.69, 9.17) is 4.74 Å². The number of aromatic amines is 1. The number of nitrogens with one attached hydrogen (secondary N) is 2. The van der Waals surface area contributed by atoms with E-state index in [1.54, 1.807) is 11.1 Å². The van der Waals surface area contributed by atoms with E-state index in [0.29, 0.717) is 13.1 Å². The van der Waals surface area contributed by atoms with Crippen LogP contribution in [0.1, 0.15) is 32.5 Å². The van der Waals surface area contributed by atoms with Crippen LogP contribution in [-0.4, -0.2) is 46.4 Å². The third kappa shape index (κ3) is 3.22. The fraction of sp³-hybridized carbons (Fsp3) is 0.667. The maximum absolute atomic E-state index is 12.0. The molecule has 1 amide bonds. The Hall–Kier alpha value is -1.56. The first-order valence-electron chi connectivity index (χ1n) is 6.16. The molecule has 0 saturated carbocycles. The summed E-state index contributed by atoms with van der Waals surface area (Å²) in [6.45, 7) is 7.64. The number of piperazine rings is 1. The minimum absolute atomic E-state index is 0.0915. The summed E-state index contributed by atoms with van der Waals surface area (Å²) in [5.41, 5.74) is 0.536. The molecule has 6 heteroatoms. The van der Waals surface area contributed by atoms with Crippen molar-refractivity contribution in [2.75, 3.05) is 19.6 Å². The molecular formula is C12H20N4O2. The van der Waals surface area contributed by atoms with Crippen LogP contribution in [0.5, 0.6) is 0 Å². The molecule has 0 aromatic carbocycles. The van der Waals surface area contributed by atoms with Gasteiger partial charge in [-0.2, -0.15) is 5.10 Å². The van der Waals surface area contributed by atoms with Crippen molar-refractivity contribution in [3.05, 3.63) is 18.0 Å². The van der Waals surface area contributed by atoms with Gasteiger partial charge in [-0.15, -0.1) is 0 Å². The molecule has 2 rings (SSSR count). The number of hydrogen-bond acceptors (Lipinski definition) is 4. The Morgan fingerprint density at radius 1 is 1.56 bits per heavy atom. The van der Waals surface area contributed by atoms with Gasteiger partial charge in [0.2, 0.25) is 0 Å².